The van der Waals surface area contributed by atoms with E-state index in [4.69, 9.17) is 10.00 Å². The van der Waals surface area contributed by atoms with Crippen molar-refractivity contribution in [2.24, 2.45) is 0 Å². The Hall–Kier alpha value is -0.760. The van der Waals surface area contributed by atoms with Gasteiger partial charge in [-0.15, -0.1) is 0 Å². The summed E-state index contributed by atoms with van der Waals surface area (Å²) in [5.41, 5.74) is 0. The van der Waals surface area contributed by atoms with Gasteiger partial charge in [0.05, 0.1) is 34.4 Å². The van der Waals surface area contributed by atoms with Crippen molar-refractivity contribution in [2.75, 3.05) is 40.9 Å². The molecule has 0 bridgehead atoms. The van der Waals surface area contributed by atoms with Gasteiger partial charge in [-0.1, -0.05) is 37.4 Å². The molecule has 0 heterocycles. The molecule has 0 saturated carbocycles. The van der Waals surface area contributed by atoms with Crippen molar-refractivity contribution < 1.29 is 37.9 Å². The topological polar surface area (TPSA) is 102 Å². The maximum Gasteiger partial charge on any atom is 0.508 e. The molecule has 138 valence electrons. The van der Waals surface area contributed by atoms with Crippen molar-refractivity contribution in [1.29, 1.82) is 0 Å². The Labute approximate surface area is 138 Å². The number of carbonyl (C=O) groups is 1. The van der Waals surface area contributed by atoms with E-state index in [0.29, 0.717) is 6.42 Å². The zero-order valence-electron chi connectivity index (χ0n) is 14.6. The zero-order valence-corrected chi connectivity index (χ0v) is 15.5. The van der Waals surface area contributed by atoms with E-state index < -0.39 is 13.8 Å². The number of phosphoric acid groups is 1. The smallest absolute Gasteiger partial charge is 0.391 e. The van der Waals surface area contributed by atoms with E-state index in [-0.39, 0.29) is 13.2 Å². The average molecular weight is 356 g/mol. The number of nitrogens with zero attached hydrogens (tertiary/aromatic N) is 1. The summed E-state index contributed by atoms with van der Waals surface area (Å²) in [6.07, 6.45) is 4.46. The number of phosphoric ester groups is 1. The third kappa shape index (κ3) is 21.2. The fourth-order valence-corrected chi connectivity index (χ4v) is 1.72. The third-order valence-corrected chi connectivity index (χ3v) is 3.18. The highest BCUT2D eigenvalue weighted by atomic mass is 31.2. The molecule has 0 aliphatic heterocycles. The predicted molar refractivity (Wildman–Crippen MR) is 87.3 cm³/mol. The van der Waals surface area contributed by atoms with E-state index in [2.05, 4.69) is 48.7 Å². The van der Waals surface area contributed by atoms with E-state index in [1.807, 2.05) is 0 Å². The van der Waals surface area contributed by atoms with Crippen LogP contribution in [0, 0.1) is 0 Å². The quantitative estimate of drug-likeness (QED) is 0.146. The van der Waals surface area contributed by atoms with Gasteiger partial charge in [0.1, 0.15) is 6.54 Å². The minimum Gasteiger partial charge on any atom is -0.391 e. The van der Waals surface area contributed by atoms with Crippen LogP contribution in [0.1, 0.15) is 32.6 Å². The van der Waals surface area contributed by atoms with Crippen LogP contribution >= 0.6 is 7.82 Å². The average Bonchev–Trinajstić information content (AvgIpc) is 2.44. The molecular weight excluding hydrogens is 325 g/mol. The summed E-state index contributed by atoms with van der Waals surface area (Å²) in [6.45, 7) is 6.34. The van der Waals surface area contributed by atoms with Gasteiger partial charge in [0.25, 0.3) is 0 Å². The molecule has 0 aromatic heterocycles. The maximum absolute atomic E-state index is 11.1. The molecule has 0 aromatic rings. The molecular formula is C14H31NO7P+. The van der Waals surface area contributed by atoms with Crippen LogP contribution in [-0.4, -0.2) is 61.4 Å². The van der Waals surface area contributed by atoms with Crippen LogP contribution in [0.3, 0.4) is 0 Å². The predicted octanol–water partition coefficient (Wildman–Crippen LogP) is 2.03. The Morgan fingerprint density at radius 2 is 1.87 bits per heavy atom. The van der Waals surface area contributed by atoms with Gasteiger partial charge in [-0.25, -0.2) is 9.36 Å². The van der Waals surface area contributed by atoms with Crippen LogP contribution in [0.25, 0.3) is 0 Å². The number of aliphatic hydroxyl groups is 1. The summed E-state index contributed by atoms with van der Waals surface area (Å²) in [4.78, 5) is 23.5. The second kappa shape index (κ2) is 13.7. The number of quaternary nitrogens is 1. The van der Waals surface area contributed by atoms with Crippen molar-refractivity contribution >= 4 is 13.8 Å². The van der Waals surface area contributed by atoms with Gasteiger partial charge in [-0.05, 0) is 6.42 Å². The summed E-state index contributed by atoms with van der Waals surface area (Å²) in [5, 5.41) is 8.39. The monoisotopic (exact) mass is 356 g/mol. The third-order valence-electron chi connectivity index (χ3n) is 2.40. The maximum atomic E-state index is 11.1. The molecule has 0 aromatic carbocycles. The lowest BCUT2D eigenvalue weighted by atomic mass is 10.2. The number of carbonyl (C=O) groups excluding carboxylic acids is 1. The molecule has 0 fully saturated rings. The molecule has 8 nitrogen and oxygen atoms in total. The van der Waals surface area contributed by atoms with Crippen molar-refractivity contribution in [2.45, 2.75) is 32.6 Å². The highest BCUT2D eigenvalue weighted by molar-refractivity contribution is 7.47. The second-order valence-corrected chi connectivity index (χ2v) is 7.13. The Kier molecular flexibility index (Phi) is 14.5. The first-order chi connectivity index (χ1) is 10.6. The summed E-state index contributed by atoms with van der Waals surface area (Å²) in [5.74, 6) is -0.955. The van der Waals surface area contributed by atoms with Crippen LogP contribution in [-0.2, 0) is 23.4 Å². The molecule has 0 radical (unpaired) electrons. The van der Waals surface area contributed by atoms with E-state index >= 15 is 0 Å². The summed E-state index contributed by atoms with van der Waals surface area (Å²) in [7, 11) is 1.86. The first kappa shape index (κ1) is 24.5. The molecule has 0 saturated heterocycles. The minimum absolute atomic E-state index is 0.0828. The highest BCUT2D eigenvalue weighted by Gasteiger charge is 2.24. The zero-order chi connectivity index (χ0) is 18.4. The van der Waals surface area contributed by atoms with Crippen LogP contribution < -0.4 is 0 Å². The van der Waals surface area contributed by atoms with Gasteiger partial charge in [0.2, 0.25) is 0 Å². The number of hydrogen-bond donors (Lipinski definition) is 2. The van der Waals surface area contributed by atoms with Gasteiger partial charge < -0.3 is 14.5 Å². The van der Waals surface area contributed by atoms with Gasteiger partial charge in [0, 0.05) is 6.08 Å². The first-order valence-corrected chi connectivity index (χ1v) is 8.98. The van der Waals surface area contributed by atoms with Gasteiger partial charge in [0.15, 0.2) is 0 Å². The molecule has 0 rings (SSSR count). The van der Waals surface area contributed by atoms with E-state index in [0.717, 1.165) is 36.4 Å². The molecule has 1 unspecified atom stereocenters. The minimum atomic E-state index is -4.30. The van der Waals surface area contributed by atoms with Gasteiger partial charge in [-0.3, -0.25) is 9.41 Å². The largest absolute Gasteiger partial charge is 0.508 e. The molecule has 0 aliphatic rings. The number of hydrogen-bond acceptors (Lipinski definition) is 6. The van der Waals surface area contributed by atoms with Crippen LogP contribution in [0.4, 0.5) is 0 Å². The van der Waals surface area contributed by atoms with Crippen LogP contribution in [0.2, 0.25) is 0 Å². The summed E-state index contributed by atoms with van der Waals surface area (Å²) >= 11 is 0. The molecule has 2 N–H and O–H groups in total. The number of likely N-dealkylation sites (N-methyl/N-ethyl adjacent to an activating group) is 1. The lowest BCUT2D eigenvalue weighted by molar-refractivity contribution is -0.870. The molecule has 23 heavy (non-hydrogen) atoms. The lowest BCUT2D eigenvalue weighted by Gasteiger charge is -2.21. The van der Waals surface area contributed by atoms with Crippen molar-refractivity contribution in [3.63, 3.8) is 0 Å². The molecule has 0 amide bonds. The highest BCUT2D eigenvalue weighted by Crippen LogP contribution is 2.43. The number of rotatable bonds is 11. The number of aliphatic hydroxyl groups excluding tert-OH is 1. The molecule has 1 atom stereocenters. The molecule has 0 aliphatic carbocycles. The Morgan fingerprint density at radius 3 is 2.26 bits per heavy atom. The van der Waals surface area contributed by atoms with Crippen LogP contribution in [0.5, 0.6) is 0 Å². The van der Waals surface area contributed by atoms with E-state index in [1.165, 1.54) is 0 Å². The Bertz CT molecular complexity index is 369. The summed E-state index contributed by atoms with van der Waals surface area (Å²) < 4.78 is 20.4. The second-order valence-electron chi connectivity index (χ2n) is 5.78. The Morgan fingerprint density at radius 1 is 1.26 bits per heavy atom. The summed E-state index contributed by atoms with van der Waals surface area (Å²) in [6, 6.07) is 0. The molecule has 9 heteroatoms. The normalized spacial score (nSPS) is 13.5. The van der Waals surface area contributed by atoms with E-state index in [1.54, 1.807) is 0 Å². The lowest BCUT2D eigenvalue weighted by Crippen LogP contribution is -2.36. The van der Waals surface area contributed by atoms with Crippen molar-refractivity contribution in [3.05, 3.63) is 12.7 Å². The van der Waals surface area contributed by atoms with Gasteiger partial charge in [-0.2, -0.15) is 0 Å². The first-order valence-electron chi connectivity index (χ1n) is 7.49. The van der Waals surface area contributed by atoms with Crippen molar-refractivity contribution in [3.8, 4) is 0 Å². The fourth-order valence-electron chi connectivity index (χ4n) is 1.15. The molecule has 0 spiro atoms. The van der Waals surface area contributed by atoms with E-state index in [9.17, 15) is 9.36 Å². The van der Waals surface area contributed by atoms with Gasteiger partial charge >= 0.3 is 13.8 Å². The Balaban J connectivity index is 0. The fraction of sp³-hybridized carbons (Fsp3) is 0.786. The SMILES string of the molecule is C=CC(=O)OOP(=O)(O)OCCCCCC.C[N+](C)(C)CCO. The number of unbranched alkanes of at least 4 members (excludes halogenated alkanes) is 3. The standard InChI is InChI=1S/C9H17O6P.C5H14NO/c1-3-5-6-7-8-13-16(11,12)15-14-9(10)4-2;1-6(2,3)4-5-7/h4H,2-3,5-8H2,1H3,(H,11,12);7H,4-5H2,1-3H3/q;+1. The van der Waals surface area contributed by atoms with Crippen molar-refractivity contribution in [1.82, 2.24) is 0 Å². The van der Waals surface area contributed by atoms with Crippen LogP contribution in [0.15, 0.2) is 12.7 Å².